The first kappa shape index (κ1) is 31.2. The van der Waals surface area contributed by atoms with Crippen molar-refractivity contribution in [3.05, 3.63) is 130 Å². The predicted octanol–water partition coefficient (Wildman–Crippen LogP) is 8.52. The number of hydrogen-bond donors (Lipinski definition) is 2. The van der Waals surface area contributed by atoms with Crippen LogP contribution < -0.4 is 20.9 Å². The van der Waals surface area contributed by atoms with Crippen LogP contribution in [0.1, 0.15) is 66.4 Å². The van der Waals surface area contributed by atoms with Crippen LogP contribution in [0.4, 0.5) is 0 Å². The molecule has 44 heavy (non-hydrogen) atoms. The number of hydrogen-bond acceptors (Lipinski definition) is 6. The number of unbranched alkanes of at least 4 members (excludes halogenated alkanes) is 3. The molecule has 0 aliphatic heterocycles. The molecule has 0 fully saturated rings. The third-order valence-corrected chi connectivity index (χ3v) is 7.63. The van der Waals surface area contributed by atoms with Gasteiger partial charge in [-0.1, -0.05) is 104 Å². The lowest BCUT2D eigenvalue weighted by atomic mass is 10.0. The Bertz CT molecular complexity index is 1660. The van der Waals surface area contributed by atoms with Crippen molar-refractivity contribution in [2.75, 3.05) is 6.54 Å². The molecule has 1 aromatic heterocycles. The van der Waals surface area contributed by atoms with E-state index in [0.717, 1.165) is 71.9 Å². The number of fused-ring (bicyclic) bond motifs is 1. The number of aromatic nitrogens is 2. The molecule has 0 bridgehead atoms. The zero-order chi connectivity index (χ0) is 30.6. The molecule has 0 saturated carbocycles. The van der Waals surface area contributed by atoms with Crippen LogP contribution >= 0.6 is 11.6 Å². The van der Waals surface area contributed by atoms with Gasteiger partial charge < -0.3 is 20.9 Å². The summed E-state index contributed by atoms with van der Waals surface area (Å²) in [6.45, 7) is 1.60. The van der Waals surface area contributed by atoms with Gasteiger partial charge in [-0.2, -0.15) is 0 Å². The maximum Gasteiger partial charge on any atom is 0.162 e. The molecule has 0 spiro atoms. The number of ether oxygens (including phenoxy) is 2. The summed E-state index contributed by atoms with van der Waals surface area (Å²) in [6, 6.07) is 31.6. The highest BCUT2D eigenvalue weighted by atomic mass is 35.5. The smallest absolute Gasteiger partial charge is 0.162 e. The number of nitrogens with zero attached hydrogens (tertiary/aromatic N) is 2. The summed E-state index contributed by atoms with van der Waals surface area (Å²) in [5.41, 5.74) is 17.0. The molecule has 5 aromatic rings. The van der Waals surface area contributed by atoms with E-state index < -0.39 is 0 Å². The normalized spacial score (nSPS) is 12.1. The summed E-state index contributed by atoms with van der Waals surface area (Å²) in [4.78, 5) is 9.68. The zero-order valence-corrected chi connectivity index (χ0v) is 25.6. The topological polar surface area (TPSA) is 96.3 Å². The third kappa shape index (κ3) is 8.89. The summed E-state index contributed by atoms with van der Waals surface area (Å²) in [5.74, 6) is 1.92. The Morgan fingerprint density at radius 3 is 2.09 bits per heavy atom. The van der Waals surface area contributed by atoms with Crippen LogP contribution in [0.3, 0.4) is 0 Å². The minimum absolute atomic E-state index is 0.203. The van der Waals surface area contributed by atoms with Crippen LogP contribution in [0.15, 0.2) is 97.1 Å². The number of rotatable bonds is 15. The number of halogens is 1. The van der Waals surface area contributed by atoms with E-state index in [0.29, 0.717) is 35.6 Å². The summed E-state index contributed by atoms with van der Waals surface area (Å²) in [5, 5.41) is 1.55. The summed E-state index contributed by atoms with van der Waals surface area (Å²) in [6.07, 6.45) is 9.00. The molecule has 1 heterocycles. The Hall–Kier alpha value is -4.23. The zero-order valence-electron chi connectivity index (χ0n) is 24.9. The highest BCUT2D eigenvalue weighted by molar-refractivity contribution is 6.31. The molecule has 0 aliphatic rings. The van der Waals surface area contributed by atoms with Gasteiger partial charge in [0.15, 0.2) is 17.3 Å². The standard InChI is InChI=1S/C37H39ClN4O2/c38-30-18-19-31-33(24-30)41-36(42-37(31)32(40)15-9-1-2-10-22-39)21-17-27-16-20-34(43-25-28-11-5-3-6-12-28)35(23-27)44-26-29-13-7-4-8-14-29/h3-8,11-14,16-21,23-24,32H,1-2,9-10,15,22,25-26,39-40H2. The van der Waals surface area contributed by atoms with E-state index in [-0.39, 0.29) is 6.04 Å². The Morgan fingerprint density at radius 1 is 0.705 bits per heavy atom. The van der Waals surface area contributed by atoms with Crippen LogP contribution in [-0.2, 0) is 13.2 Å². The number of benzene rings is 4. The van der Waals surface area contributed by atoms with Crippen molar-refractivity contribution < 1.29 is 9.47 Å². The minimum atomic E-state index is -0.203. The Balaban J connectivity index is 1.38. The fourth-order valence-electron chi connectivity index (χ4n) is 5.00. The highest BCUT2D eigenvalue weighted by Crippen LogP contribution is 2.31. The average Bonchev–Trinajstić information content (AvgIpc) is 3.06. The third-order valence-electron chi connectivity index (χ3n) is 7.39. The van der Waals surface area contributed by atoms with E-state index in [1.807, 2.05) is 109 Å². The first-order valence-corrected chi connectivity index (χ1v) is 15.6. The second-order valence-electron chi connectivity index (χ2n) is 10.8. The fourth-order valence-corrected chi connectivity index (χ4v) is 5.17. The van der Waals surface area contributed by atoms with Gasteiger partial charge in [0.05, 0.1) is 11.2 Å². The van der Waals surface area contributed by atoms with E-state index in [1.165, 1.54) is 0 Å². The Kier molecular flexibility index (Phi) is 11.4. The monoisotopic (exact) mass is 606 g/mol. The van der Waals surface area contributed by atoms with Gasteiger partial charge in [0.1, 0.15) is 13.2 Å². The molecule has 1 unspecified atom stereocenters. The molecular formula is C37H39ClN4O2. The predicted molar refractivity (Wildman–Crippen MR) is 181 cm³/mol. The van der Waals surface area contributed by atoms with Gasteiger partial charge in [-0.15, -0.1) is 0 Å². The Morgan fingerprint density at radius 2 is 1.39 bits per heavy atom. The molecule has 4 aromatic carbocycles. The molecule has 6 nitrogen and oxygen atoms in total. The van der Waals surface area contributed by atoms with Gasteiger partial charge in [-0.3, -0.25) is 0 Å². The van der Waals surface area contributed by atoms with E-state index >= 15 is 0 Å². The molecule has 0 aliphatic carbocycles. The van der Waals surface area contributed by atoms with Crippen molar-refractivity contribution in [3.8, 4) is 11.5 Å². The van der Waals surface area contributed by atoms with Crippen LogP contribution in [0, 0.1) is 0 Å². The van der Waals surface area contributed by atoms with E-state index in [1.54, 1.807) is 0 Å². The van der Waals surface area contributed by atoms with Crippen molar-refractivity contribution in [3.63, 3.8) is 0 Å². The maximum absolute atomic E-state index is 6.68. The van der Waals surface area contributed by atoms with Crippen LogP contribution in [0.5, 0.6) is 11.5 Å². The van der Waals surface area contributed by atoms with Gasteiger partial charge in [-0.25, -0.2) is 9.97 Å². The van der Waals surface area contributed by atoms with Crippen LogP contribution in [0.2, 0.25) is 5.02 Å². The molecule has 7 heteroatoms. The van der Waals surface area contributed by atoms with Gasteiger partial charge in [0.2, 0.25) is 0 Å². The lowest BCUT2D eigenvalue weighted by molar-refractivity contribution is 0.256. The van der Waals surface area contributed by atoms with Crippen LogP contribution in [0.25, 0.3) is 23.1 Å². The maximum atomic E-state index is 6.68. The van der Waals surface area contributed by atoms with Crippen molar-refractivity contribution in [1.82, 2.24) is 9.97 Å². The molecule has 1 atom stereocenters. The quantitative estimate of drug-likeness (QED) is 0.116. The molecule has 0 radical (unpaired) electrons. The van der Waals surface area contributed by atoms with Crippen molar-refractivity contribution >= 4 is 34.7 Å². The summed E-state index contributed by atoms with van der Waals surface area (Å²) >= 11 is 6.33. The lowest BCUT2D eigenvalue weighted by Crippen LogP contribution is -2.14. The van der Waals surface area contributed by atoms with Gasteiger partial charge >= 0.3 is 0 Å². The first-order valence-electron chi connectivity index (χ1n) is 15.2. The average molecular weight is 607 g/mol. The van der Waals surface area contributed by atoms with Crippen molar-refractivity contribution in [2.24, 2.45) is 11.5 Å². The molecule has 5 rings (SSSR count). The summed E-state index contributed by atoms with van der Waals surface area (Å²) in [7, 11) is 0. The van der Waals surface area contributed by atoms with Crippen molar-refractivity contribution in [2.45, 2.75) is 51.4 Å². The van der Waals surface area contributed by atoms with Gasteiger partial charge in [-0.05, 0) is 72.5 Å². The molecule has 0 amide bonds. The number of nitrogens with two attached hydrogens (primary N) is 2. The van der Waals surface area contributed by atoms with Crippen LogP contribution in [-0.4, -0.2) is 16.5 Å². The molecule has 226 valence electrons. The molecule has 0 saturated heterocycles. The fraction of sp³-hybridized carbons (Fsp3) is 0.243. The van der Waals surface area contributed by atoms with Gasteiger partial charge in [0, 0.05) is 16.5 Å². The van der Waals surface area contributed by atoms with E-state index in [4.69, 9.17) is 42.5 Å². The SMILES string of the molecule is NCCCCCCC(N)c1nc(C=Cc2ccc(OCc3ccccc3)c(OCc3ccccc3)c2)nc2cc(Cl)ccc12. The minimum Gasteiger partial charge on any atom is -0.485 e. The largest absolute Gasteiger partial charge is 0.485 e. The Labute approximate surface area is 264 Å². The summed E-state index contributed by atoms with van der Waals surface area (Å²) < 4.78 is 12.4. The molecular weight excluding hydrogens is 568 g/mol. The van der Waals surface area contributed by atoms with Crippen molar-refractivity contribution in [1.29, 1.82) is 0 Å². The highest BCUT2D eigenvalue weighted by Gasteiger charge is 2.15. The van der Waals surface area contributed by atoms with Gasteiger partial charge in [0.25, 0.3) is 0 Å². The second kappa shape index (κ2) is 16.0. The second-order valence-corrected chi connectivity index (χ2v) is 11.3. The van der Waals surface area contributed by atoms with E-state index in [9.17, 15) is 0 Å². The first-order chi connectivity index (χ1) is 21.6. The lowest BCUT2D eigenvalue weighted by Gasteiger charge is -2.15. The van der Waals surface area contributed by atoms with E-state index in [2.05, 4.69) is 0 Å². The molecule has 4 N–H and O–H groups in total.